The third-order valence-corrected chi connectivity index (χ3v) is 8.07. The van der Waals surface area contributed by atoms with E-state index in [1.807, 2.05) is 43.3 Å². The number of hydrogen-bond donors (Lipinski definition) is 0. The maximum absolute atomic E-state index is 15.0. The van der Waals surface area contributed by atoms with E-state index in [-0.39, 0.29) is 18.3 Å². The van der Waals surface area contributed by atoms with Gasteiger partial charge in [0.15, 0.2) is 5.82 Å². The van der Waals surface area contributed by atoms with Gasteiger partial charge in [-0.2, -0.15) is 5.11 Å². The van der Waals surface area contributed by atoms with Crippen LogP contribution in [-0.2, 0) is 25.5 Å². The number of rotatable bonds is 15. The molecule has 0 fully saturated rings. The molecular formula is C35H36FN3O4S. The zero-order chi connectivity index (χ0) is 31.5. The van der Waals surface area contributed by atoms with Crippen molar-refractivity contribution >= 4 is 50.4 Å². The third kappa shape index (κ3) is 8.94. The molecule has 3 aromatic carbocycles. The number of carbonyl (C=O) groups excluding carboxylic acids is 2. The highest BCUT2D eigenvalue weighted by atomic mass is 32.1. The Morgan fingerprint density at radius 1 is 0.955 bits per heavy atom. The maximum atomic E-state index is 15.0. The fraction of sp³-hybridized carbons (Fsp3) is 0.257. The minimum atomic E-state index is -0.451. The lowest BCUT2D eigenvalue weighted by Crippen LogP contribution is -2.27. The first-order chi connectivity index (χ1) is 21.3. The summed E-state index contributed by atoms with van der Waals surface area (Å²) in [6.07, 6.45) is 3.76. The van der Waals surface area contributed by atoms with E-state index in [1.165, 1.54) is 15.6 Å². The van der Waals surface area contributed by atoms with Gasteiger partial charge in [-0.25, -0.2) is 14.0 Å². The number of azo groups is 1. The Hall–Kier alpha value is -4.63. The van der Waals surface area contributed by atoms with Gasteiger partial charge >= 0.3 is 11.9 Å². The van der Waals surface area contributed by atoms with Crippen LogP contribution in [0.4, 0.5) is 21.5 Å². The predicted octanol–water partition coefficient (Wildman–Crippen LogP) is 9.12. The number of aryl methyl sites for hydroxylation is 1. The van der Waals surface area contributed by atoms with Crippen molar-refractivity contribution in [3.05, 3.63) is 102 Å². The van der Waals surface area contributed by atoms with Crippen molar-refractivity contribution in [3.63, 3.8) is 0 Å². The third-order valence-electron chi connectivity index (χ3n) is 6.89. The van der Waals surface area contributed by atoms with Crippen molar-refractivity contribution in [2.75, 3.05) is 31.2 Å². The van der Waals surface area contributed by atoms with Gasteiger partial charge in [0.1, 0.15) is 12.3 Å². The summed E-state index contributed by atoms with van der Waals surface area (Å²) in [7, 11) is 0. The van der Waals surface area contributed by atoms with Crippen LogP contribution in [0.3, 0.4) is 0 Å². The molecule has 0 saturated carbocycles. The lowest BCUT2D eigenvalue weighted by atomic mass is 10.0. The predicted molar refractivity (Wildman–Crippen MR) is 176 cm³/mol. The molecule has 1 heterocycles. The lowest BCUT2D eigenvalue weighted by Gasteiger charge is -2.22. The standard InChI is InChI=1S/C35H36FN3O4S/c1-5-34(40)42-20-18-39(6-2)29-14-12-28(13-15-29)37-38-32-16-10-26(23-31(32)36)25-11-17-33-27(21-25)22-30(44-33)9-7-8-19-43-35(41)24(3)4/h5,10-17,21-23H,1,3,6-9,18-20H2,2,4H3. The fourth-order valence-electron chi connectivity index (χ4n) is 4.48. The Bertz CT molecular complexity index is 1660. The molecule has 0 saturated heterocycles. The summed E-state index contributed by atoms with van der Waals surface area (Å²) in [4.78, 5) is 26.1. The number of unbranched alkanes of at least 4 members (excludes halogenated alkanes) is 1. The van der Waals surface area contributed by atoms with Gasteiger partial charge in [0, 0.05) is 33.5 Å². The van der Waals surface area contributed by atoms with Crippen LogP contribution >= 0.6 is 11.3 Å². The molecule has 44 heavy (non-hydrogen) atoms. The van der Waals surface area contributed by atoms with Gasteiger partial charge in [0.05, 0.1) is 18.8 Å². The molecule has 0 aliphatic heterocycles. The van der Waals surface area contributed by atoms with E-state index in [0.717, 1.165) is 54.1 Å². The average molecular weight is 614 g/mol. The molecule has 0 aliphatic rings. The molecule has 0 spiro atoms. The van der Waals surface area contributed by atoms with Gasteiger partial charge in [-0.15, -0.1) is 16.5 Å². The summed E-state index contributed by atoms with van der Waals surface area (Å²) in [5.74, 6) is -1.24. The second-order valence-corrected chi connectivity index (χ2v) is 11.3. The quantitative estimate of drug-likeness (QED) is 0.0578. The van der Waals surface area contributed by atoms with Gasteiger partial charge in [0.2, 0.25) is 0 Å². The number of benzene rings is 3. The van der Waals surface area contributed by atoms with Crippen molar-refractivity contribution in [3.8, 4) is 11.1 Å². The summed E-state index contributed by atoms with van der Waals surface area (Å²) in [6.45, 7) is 12.6. The average Bonchev–Trinajstić information content (AvgIpc) is 3.44. The molecule has 0 unspecified atom stereocenters. The Kier molecular flexibility index (Phi) is 11.5. The van der Waals surface area contributed by atoms with Gasteiger partial charge in [-0.05, 0) is 104 Å². The number of hydrogen-bond acceptors (Lipinski definition) is 8. The van der Waals surface area contributed by atoms with E-state index in [9.17, 15) is 9.59 Å². The van der Waals surface area contributed by atoms with E-state index in [2.05, 4.69) is 46.5 Å². The zero-order valence-electron chi connectivity index (χ0n) is 25.1. The van der Waals surface area contributed by atoms with E-state index >= 15 is 4.39 Å². The Morgan fingerprint density at radius 3 is 2.41 bits per heavy atom. The molecule has 228 valence electrons. The highest BCUT2D eigenvalue weighted by Crippen LogP contribution is 2.33. The van der Waals surface area contributed by atoms with Crippen molar-refractivity contribution in [2.45, 2.75) is 33.1 Å². The van der Waals surface area contributed by atoms with E-state index in [1.54, 1.807) is 24.3 Å². The number of esters is 2. The molecule has 0 aliphatic carbocycles. The monoisotopic (exact) mass is 613 g/mol. The van der Waals surface area contributed by atoms with Crippen LogP contribution in [-0.4, -0.2) is 38.2 Å². The van der Waals surface area contributed by atoms with Gasteiger partial charge in [-0.3, -0.25) is 0 Å². The summed E-state index contributed by atoms with van der Waals surface area (Å²) in [6, 6.07) is 20.7. The molecule has 0 N–H and O–H groups in total. The molecule has 7 nitrogen and oxygen atoms in total. The molecule has 9 heteroatoms. The number of nitrogens with zero attached hydrogens (tertiary/aromatic N) is 3. The number of thiophene rings is 1. The molecule has 0 radical (unpaired) electrons. The lowest BCUT2D eigenvalue weighted by molar-refractivity contribution is -0.139. The fourth-order valence-corrected chi connectivity index (χ4v) is 5.57. The number of carbonyl (C=O) groups is 2. The molecule has 0 atom stereocenters. The summed E-state index contributed by atoms with van der Waals surface area (Å²) >= 11 is 1.74. The minimum absolute atomic E-state index is 0.157. The topological polar surface area (TPSA) is 80.6 Å². The zero-order valence-corrected chi connectivity index (χ0v) is 25.9. The Morgan fingerprint density at radius 2 is 1.70 bits per heavy atom. The summed E-state index contributed by atoms with van der Waals surface area (Å²) in [5.41, 5.74) is 3.80. The SMILES string of the molecule is C=CC(=O)OCCN(CC)c1ccc(N=Nc2ccc(-c3ccc4sc(CCCCOC(=O)C(=C)C)cc4c3)cc2F)cc1. The highest BCUT2D eigenvalue weighted by Gasteiger charge is 2.10. The second-order valence-electron chi connectivity index (χ2n) is 10.2. The largest absolute Gasteiger partial charge is 0.462 e. The molecule has 0 bridgehead atoms. The van der Waals surface area contributed by atoms with Gasteiger partial charge in [-0.1, -0.05) is 25.3 Å². The van der Waals surface area contributed by atoms with Crippen molar-refractivity contribution in [1.29, 1.82) is 0 Å². The minimum Gasteiger partial charge on any atom is -0.462 e. The number of likely N-dealkylation sites (N-methyl/N-ethyl adjacent to an activating group) is 1. The Balaban J connectivity index is 1.35. The smallest absolute Gasteiger partial charge is 0.333 e. The molecule has 0 amide bonds. The first-order valence-electron chi connectivity index (χ1n) is 14.5. The van der Waals surface area contributed by atoms with Crippen LogP contribution in [0.1, 0.15) is 31.6 Å². The van der Waals surface area contributed by atoms with Crippen molar-refractivity contribution in [1.82, 2.24) is 0 Å². The van der Waals surface area contributed by atoms with Crippen LogP contribution in [0.15, 0.2) is 102 Å². The van der Waals surface area contributed by atoms with Crippen LogP contribution in [0.5, 0.6) is 0 Å². The highest BCUT2D eigenvalue weighted by molar-refractivity contribution is 7.19. The van der Waals surface area contributed by atoms with E-state index in [4.69, 9.17) is 9.47 Å². The molecule has 1 aromatic heterocycles. The molecule has 4 rings (SSSR count). The van der Waals surface area contributed by atoms with E-state index < -0.39 is 11.8 Å². The number of fused-ring (bicyclic) bond motifs is 1. The van der Waals surface area contributed by atoms with Crippen LogP contribution in [0, 0.1) is 5.82 Å². The second kappa shape index (κ2) is 15.7. The Labute approximate surface area is 261 Å². The summed E-state index contributed by atoms with van der Waals surface area (Å²) in [5, 5.41) is 9.47. The van der Waals surface area contributed by atoms with Crippen molar-refractivity contribution < 1.29 is 23.5 Å². The number of anilines is 1. The van der Waals surface area contributed by atoms with Crippen LogP contribution < -0.4 is 4.90 Å². The van der Waals surface area contributed by atoms with Crippen LogP contribution in [0.2, 0.25) is 0 Å². The summed E-state index contributed by atoms with van der Waals surface area (Å²) < 4.78 is 26.4. The van der Waals surface area contributed by atoms with Crippen LogP contribution in [0.25, 0.3) is 21.2 Å². The normalized spacial score (nSPS) is 11.1. The number of halogens is 1. The van der Waals surface area contributed by atoms with Gasteiger partial charge < -0.3 is 14.4 Å². The molecule has 4 aromatic rings. The van der Waals surface area contributed by atoms with E-state index in [0.29, 0.717) is 24.4 Å². The first-order valence-corrected chi connectivity index (χ1v) is 15.3. The number of ether oxygens (including phenoxy) is 2. The van der Waals surface area contributed by atoms with Gasteiger partial charge in [0.25, 0.3) is 0 Å². The maximum Gasteiger partial charge on any atom is 0.333 e. The molecular weight excluding hydrogens is 577 g/mol. The van der Waals surface area contributed by atoms with Crippen molar-refractivity contribution in [2.24, 2.45) is 10.2 Å². The first kappa shape index (κ1) is 32.3.